The Labute approximate surface area is 147 Å². The lowest BCUT2D eigenvalue weighted by atomic mass is 10.1. The van der Waals surface area contributed by atoms with Gasteiger partial charge in [-0.25, -0.2) is 4.90 Å². The SMILES string of the molecule is COc1ccc(C2=C(O)C(=O)N(c3cc(Cl)cc(Cl)c3)C2=O)cc1. The molecule has 122 valence electrons. The number of aliphatic hydroxyl groups is 1. The molecule has 1 heterocycles. The molecule has 2 aromatic carbocycles. The van der Waals surface area contributed by atoms with E-state index in [0.29, 0.717) is 11.3 Å². The molecule has 2 amide bonds. The summed E-state index contributed by atoms with van der Waals surface area (Å²) in [6, 6.07) is 10.8. The Hall–Kier alpha value is -2.50. The first kappa shape index (κ1) is 16.4. The molecule has 0 fully saturated rings. The number of halogens is 2. The van der Waals surface area contributed by atoms with Crippen LogP contribution in [-0.2, 0) is 9.59 Å². The molecule has 0 saturated heterocycles. The molecule has 1 N–H and O–H groups in total. The van der Waals surface area contributed by atoms with Crippen molar-refractivity contribution in [3.05, 3.63) is 63.8 Å². The van der Waals surface area contributed by atoms with Crippen LogP contribution in [0.2, 0.25) is 10.0 Å². The maximum atomic E-state index is 12.7. The van der Waals surface area contributed by atoms with Crippen molar-refractivity contribution in [1.29, 1.82) is 0 Å². The highest BCUT2D eigenvalue weighted by Gasteiger charge is 2.40. The summed E-state index contributed by atoms with van der Waals surface area (Å²) in [5.74, 6) is -1.51. The van der Waals surface area contributed by atoms with Crippen molar-refractivity contribution < 1.29 is 19.4 Å². The van der Waals surface area contributed by atoms with Gasteiger partial charge in [0, 0.05) is 10.0 Å². The lowest BCUT2D eigenvalue weighted by molar-refractivity contribution is -0.121. The lowest BCUT2D eigenvalue weighted by Crippen LogP contribution is -2.31. The van der Waals surface area contributed by atoms with E-state index in [0.717, 1.165) is 4.90 Å². The van der Waals surface area contributed by atoms with Gasteiger partial charge in [0.15, 0.2) is 5.76 Å². The van der Waals surface area contributed by atoms with Gasteiger partial charge in [0.05, 0.1) is 18.4 Å². The summed E-state index contributed by atoms with van der Waals surface area (Å²) < 4.78 is 5.05. The highest BCUT2D eigenvalue weighted by Crippen LogP contribution is 2.34. The number of carbonyl (C=O) groups excluding carboxylic acids is 2. The molecule has 24 heavy (non-hydrogen) atoms. The molecule has 5 nitrogen and oxygen atoms in total. The molecule has 0 radical (unpaired) electrons. The smallest absolute Gasteiger partial charge is 0.301 e. The monoisotopic (exact) mass is 363 g/mol. The van der Waals surface area contributed by atoms with Crippen LogP contribution >= 0.6 is 23.2 Å². The molecular formula is C17H11Cl2NO4. The number of hydrogen-bond acceptors (Lipinski definition) is 4. The number of anilines is 1. The summed E-state index contributed by atoms with van der Waals surface area (Å²) in [5, 5.41) is 10.7. The summed E-state index contributed by atoms with van der Waals surface area (Å²) in [6.45, 7) is 0. The minimum atomic E-state index is -0.829. The predicted octanol–water partition coefficient (Wildman–Crippen LogP) is 3.84. The summed E-state index contributed by atoms with van der Waals surface area (Å²) in [6.07, 6.45) is 0. The van der Waals surface area contributed by atoms with Crippen LogP contribution in [0.5, 0.6) is 5.75 Å². The number of benzene rings is 2. The molecule has 7 heteroatoms. The van der Waals surface area contributed by atoms with Gasteiger partial charge < -0.3 is 9.84 Å². The Bertz CT molecular complexity index is 854. The Kier molecular flexibility index (Phi) is 4.22. The van der Waals surface area contributed by atoms with Gasteiger partial charge >= 0.3 is 5.91 Å². The quantitative estimate of drug-likeness (QED) is 0.841. The maximum Gasteiger partial charge on any atom is 0.301 e. The molecule has 0 unspecified atom stereocenters. The number of imide groups is 1. The van der Waals surface area contributed by atoms with Gasteiger partial charge in [-0.05, 0) is 35.9 Å². The zero-order valence-corrected chi connectivity index (χ0v) is 13.9. The van der Waals surface area contributed by atoms with Gasteiger partial charge in [-0.3, -0.25) is 9.59 Å². The van der Waals surface area contributed by atoms with Crippen molar-refractivity contribution in [2.45, 2.75) is 0 Å². The Morgan fingerprint density at radius 2 is 1.54 bits per heavy atom. The van der Waals surface area contributed by atoms with E-state index in [1.165, 1.54) is 25.3 Å². The third kappa shape index (κ3) is 2.72. The molecule has 0 saturated carbocycles. The van der Waals surface area contributed by atoms with Gasteiger partial charge in [0.2, 0.25) is 0 Å². The average molecular weight is 364 g/mol. The van der Waals surface area contributed by atoms with E-state index in [4.69, 9.17) is 27.9 Å². The standard InChI is InChI=1S/C17H11Cl2NO4/c1-24-13-4-2-9(3-5-13)14-15(21)17(23)20(16(14)22)12-7-10(18)6-11(19)8-12/h2-8,21H,1H3. The van der Waals surface area contributed by atoms with Gasteiger partial charge in [0.25, 0.3) is 5.91 Å². The number of hydrogen-bond donors (Lipinski definition) is 1. The number of ether oxygens (including phenoxy) is 1. The van der Waals surface area contributed by atoms with Gasteiger partial charge in [-0.15, -0.1) is 0 Å². The minimum absolute atomic E-state index is 0.0845. The summed E-state index contributed by atoms with van der Waals surface area (Å²) in [5.41, 5.74) is 0.513. The van der Waals surface area contributed by atoms with Crippen LogP contribution in [0.4, 0.5) is 5.69 Å². The Balaban J connectivity index is 2.03. The normalized spacial score (nSPS) is 14.5. The Morgan fingerprint density at radius 1 is 0.958 bits per heavy atom. The van der Waals surface area contributed by atoms with Crippen molar-refractivity contribution in [3.63, 3.8) is 0 Å². The van der Waals surface area contributed by atoms with E-state index in [2.05, 4.69) is 0 Å². The molecule has 2 aromatic rings. The molecule has 0 spiro atoms. The molecule has 0 aliphatic carbocycles. The predicted molar refractivity (Wildman–Crippen MR) is 91.5 cm³/mol. The summed E-state index contributed by atoms with van der Waals surface area (Å²) >= 11 is 11.8. The number of nitrogens with zero attached hydrogens (tertiary/aromatic N) is 1. The fourth-order valence-electron chi connectivity index (χ4n) is 2.44. The molecule has 1 aliphatic rings. The van der Waals surface area contributed by atoms with E-state index >= 15 is 0 Å². The van der Waals surface area contributed by atoms with Crippen molar-refractivity contribution >= 4 is 46.3 Å². The third-order valence-corrected chi connectivity index (χ3v) is 3.98. The zero-order chi connectivity index (χ0) is 17.4. The largest absolute Gasteiger partial charge is 0.502 e. The van der Waals surface area contributed by atoms with Crippen molar-refractivity contribution in [2.24, 2.45) is 0 Å². The van der Waals surface area contributed by atoms with Crippen LogP contribution in [0.3, 0.4) is 0 Å². The van der Waals surface area contributed by atoms with E-state index in [1.54, 1.807) is 24.3 Å². The van der Waals surface area contributed by atoms with Crippen molar-refractivity contribution in [3.8, 4) is 5.75 Å². The molecule has 0 aromatic heterocycles. The van der Waals surface area contributed by atoms with Crippen LogP contribution in [0, 0.1) is 0 Å². The van der Waals surface area contributed by atoms with Gasteiger partial charge in [-0.1, -0.05) is 35.3 Å². The Morgan fingerprint density at radius 3 is 2.08 bits per heavy atom. The van der Waals surface area contributed by atoms with Crippen LogP contribution in [0.15, 0.2) is 48.2 Å². The summed E-state index contributed by atoms with van der Waals surface area (Å²) in [4.78, 5) is 25.8. The van der Waals surface area contributed by atoms with Crippen LogP contribution in [-0.4, -0.2) is 24.0 Å². The fraction of sp³-hybridized carbons (Fsp3) is 0.0588. The van der Waals surface area contributed by atoms with Gasteiger partial charge in [0.1, 0.15) is 5.75 Å². The number of carbonyl (C=O) groups is 2. The average Bonchev–Trinajstić information content (AvgIpc) is 2.76. The lowest BCUT2D eigenvalue weighted by Gasteiger charge is -2.15. The highest BCUT2D eigenvalue weighted by atomic mass is 35.5. The number of aliphatic hydroxyl groups excluding tert-OH is 1. The fourth-order valence-corrected chi connectivity index (χ4v) is 2.95. The molecule has 0 atom stereocenters. The van der Waals surface area contributed by atoms with Crippen molar-refractivity contribution in [1.82, 2.24) is 0 Å². The second-order valence-electron chi connectivity index (χ2n) is 5.03. The van der Waals surface area contributed by atoms with Crippen LogP contribution in [0.1, 0.15) is 5.56 Å². The van der Waals surface area contributed by atoms with Crippen molar-refractivity contribution in [2.75, 3.05) is 12.0 Å². The van der Waals surface area contributed by atoms with Crippen LogP contribution < -0.4 is 9.64 Å². The molecule has 1 aliphatic heterocycles. The first-order valence-corrected chi connectivity index (χ1v) is 7.60. The van der Waals surface area contributed by atoms with Gasteiger partial charge in [-0.2, -0.15) is 0 Å². The number of rotatable bonds is 3. The topological polar surface area (TPSA) is 66.8 Å². The minimum Gasteiger partial charge on any atom is -0.502 e. The first-order chi connectivity index (χ1) is 11.4. The third-order valence-electron chi connectivity index (χ3n) is 3.54. The van der Waals surface area contributed by atoms with E-state index in [9.17, 15) is 14.7 Å². The maximum absolute atomic E-state index is 12.7. The summed E-state index contributed by atoms with van der Waals surface area (Å²) in [7, 11) is 1.51. The van der Waals surface area contributed by atoms with E-state index in [1.807, 2.05) is 0 Å². The highest BCUT2D eigenvalue weighted by molar-refractivity contribution is 6.45. The number of methoxy groups -OCH3 is 1. The first-order valence-electron chi connectivity index (χ1n) is 6.85. The second-order valence-corrected chi connectivity index (χ2v) is 5.90. The van der Waals surface area contributed by atoms with E-state index < -0.39 is 17.6 Å². The zero-order valence-electron chi connectivity index (χ0n) is 12.4. The second kappa shape index (κ2) is 6.19. The number of amides is 2. The molecule has 3 rings (SSSR count). The molecule has 0 bridgehead atoms. The molecular weight excluding hydrogens is 353 g/mol. The van der Waals surface area contributed by atoms with E-state index in [-0.39, 0.29) is 21.3 Å². The van der Waals surface area contributed by atoms with Crippen LogP contribution in [0.25, 0.3) is 5.57 Å².